The Morgan fingerprint density at radius 3 is 2.20 bits per heavy atom. The summed E-state index contributed by atoms with van der Waals surface area (Å²) in [5.74, 6) is -0.403. The third kappa shape index (κ3) is 2.04. The van der Waals surface area contributed by atoms with Crippen molar-refractivity contribution in [1.82, 2.24) is 0 Å². The van der Waals surface area contributed by atoms with Crippen molar-refractivity contribution in [2.45, 2.75) is 56.5 Å². The van der Waals surface area contributed by atoms with Gasteiger partial charge in [0.25, 0.3) is 0 Å². The first-order chi connectivity index (χ1) is 7.10. The fourth-order valence-electron chi connectivity index (χ4n) is 2.60. The third-order valence-electron chi connectivity index (χ3n) is 3.82. The van der Waals surface area contributed by atoms with Crippen LogP contribution in [0.15, 0.2) is 0 Å². The van der Waals surface area contributed by atoms with Crippen LogP contribution in [0, 0.1) is 0 Å². The average molecular weight is 215 g/mol. The van der Waals surface area contributed by atoms with E-state index in [1.165, 1.54) is 0 Å². The number of ether oxygens (including phenoxy) is 2. The van der Waals surface area contributed by atoms with Crippen LogP contribution < -0.4 is 5.73 Å². The summed E-state index contributed by atoms with van der Waals surface area (Å²) in [6, 6.07) is -0.128. The highest BCUT2D eigenvalue weighted by molar-refractivity contribution is 4.96. The maximum atomic E-state index is 10.3. The van der Waals surface area contributed by atoms with E-state index in [-0.39, 0.29) is 6.04 Å². The second-order valence-electron chi connectivity index (χ2n) is 4.73. The van der Waals surface area contributed by atoms with Crippen molar-refractivity contribution in [3.63, 3.8) is 0 Å². The number of nitrogens with two attached hydrogens (primary N) is 1. The largest absolute Gasteiger partial charge is 0.388 e. The molecule has 88 valence electrons. The van der Waals surface area contributed by atoms with E-state index >= 15 is 0 Å². The molecule has 1 aliphatic carbocycles. The molecule has 0 aromatic rings. The molecule has 4 nitrogen and oxygen atoms in total. The summed E-state index contributed by atoms with van der Waals surface area (Å²) < 4.78 is 11.2. The van der Waals surface area contributed by atoms with E-state index in [2.05, 4.69) is 0 Å². The smallest absolute Gasteiger partial charge is 0.168 e. The molecule has 1 unspecified atom stereocenters. The third-order valence-corrected chi connectivity index (χ3v) is 3.82. The first-order valence-corrected chi connectivity index (χ1v) is 5.86. The molecular formula is C11H21NO3. The molecule has 0 aromatic heterocycles. The Balaban J connectivity index is 1.96. The van der Waals surface area contributed by atoms with Crippen LogP contribution in [0.4, 0.5) is 0 Å². The van der Waals surface area contributed by atoms with Crippen molar-refractivity contribution in [1.29, 1.82) is 0 Å². The Morgan fingerprint density at radius 1 is 1.20 bits per heavy atom. The monoisotopic (exact) mass is 215 g/mol. The normalized spacial score (nSPS) is 30.6. The van der Waals surface area contributed by atoms with Gasteiger partial charge in [0.15, 0.2) is 5.79 Å². The predicted molar refractivity (Wildman–Crippen MR) is 56.3 cm³/mol. The van der Waals surface area contributed by atoms with Crippen molar-refractivity contribution in [3.8, 4) is 0 Å². The molecule has 2 fully saturated rings. The lowest BCUT2D eigenvalue weighted by atomic mass is 9.76. The molecule has 0 bridgehead atoms. The minimum absolute atomic E-state index is 0.128. The summed E-state index contributed by atoms with van der Waals surface area (Å²) in [6.45, 7) is 3.37. The van der Waals surface area contributed by atoms with Gasteiger partial charge in [0.1, 0.15) is 0 Å². The molecule has 0 radical (unpaired) electrons. The molecule has 2 rings (SSSR count). The summed E-state index contributed by atoms with van der Waals surface area (Å²) in [7, 11) is 0. The SMILES string of the molecule is CCC(N)C1(O)CCC2(CC1)OCCO2. The van der Waals surface area contributed by atoms with Crippen LogP contribution in [-0.2, 0) is 9.47 Å². The van der Waals surface area contributed by atoms with E-state index in [4.69, 9.17) is 15.2 Å². The van der Waals surface area contributed by atoms with Crippen LogP contribution in [-0.4, -0.2) is 35.8 Å². The first-order valence-electron chi connectivity index (χ1n) is 5.86. The van der Waals surface area contributed by atoms with Crippen LogP contribution >= 0.6 is 0 Å². The van der Waals surface area contributed by atoms with Gasteiger partial charge in [0.05, 0.1) is 18.8 Å². The molecule has 4 heteroatoms. The molecule has 2 aliphatic rings. The van der Waals surface area contributed by atoms with Gasteiger partial charge in [-0.15, -0.1) is 0 Å². The molecule has 15 heavy (non-hydrogen) atoms. The predicted octanol–water partition coefficient (Wildman–Crippen LogP) is 0.772. The zero-order valence-electron chi connectivity index (χ0n) is 9.37. The zero-order chi connectivity index (χ0) is 10.9. The van der Waals surface area contributed by atoms with E-state index in [9.17, 15) is 5.11 Å². The van der Waals surface area contributed by atoms with Gasteiger partial charge in [-0.3, -0.25) is 0 Å². The fourth-order valence-corrected chi connectivity index (χ4v) is 2.60. The number of hydrogen-bond donors (Lipinski definition) is 2. The molecule has 3 N–H and O–H groups in total. The van der Waals surface area contributed by atoms with Gasteiger partial charge in [-0.1, -0.05) is 6.92 Å². The van der Waals surface area contributed by atoms with E-state index in [0.29, 0.717) is 26.1 Å². The number of hydrogen-bond acceptors (Lipinski definition) is 4. The summed E-state index contributed by atoms with van der Waals surface area (Å²) in [4.78, 5) is 0. The minimum Gasteiger partial charge on any atom is -0.388 e. The second-order valence-corrected chi connectivity index (χ2v) is 4.73. The summed E-state index contributed by atoms with van der Waals surface area (Å²) in [6.07, 6.45) is 3.70. The second kappa shape index (κ2) is 4.01. The highest BCUT2D eigenvalue weighted by Crippen LogP contribution is 2.41. The van der Waals surface area contributed by atoms with Crippen LogP contribution in [0.3, 0.4) is 0 Å². The van der Waals surface area contributed by atoms with Crippen molar-refractivity contribution in [2.75, 3.05) is 13.2 Å². The number of rotatable bonds is 2. The molecule has 0 aromatic carbocycles. The average Bonchev–Trinajstić information content (AvgIpc) is 2.71. The Labute approximate surface area is 90.7 Å². The van der Waals surface area contributed by atoms with Crippen LogP contribution in [0.2, 0.25) is 0 Å². The number of aliphatic hydroxyl groups is 1. The van der Waals surface area contributed by atoms with Crippen LogP contribution in [0.1, 0.15) is 39.0 Å². The zero-order valence-corrected chi connectivity index (χ0v) is 9.37. The van der Waals surface area contributed by atoms with Crippen molar-refractivity contribution < 1.29 is 14.6 Å². The van der Waals surface area contributed by atoms with Gasteiger partial charge in [-0.25, -0.2) is 0 Å². The van der Waals surface area contributed by atoms with Crippen LogP contribution in [0.25, 0.3) is 0 Å². The summed E-state index contributed by atoms with van der Waals surface area (Å²) in [5.41, 5.74) is 5.22. The van der Waals surface area contributed by atoms with Gasteiger partial charge in [0, 0.05) is 18.9 Å². The lowest BCUT2D eigenvalue weighted by Crippen LogP contribution is -2.53. The molecule has 1 atom stereocenters. The van der Waals surface area contributed by atoms with Gasteiger partial charge in [-0.05, 0) is 19.3 Å². The Hall–Kier alpha value is -0.160. The summed E-state index contributed by atoms with van der Waals surface area (Å²) in [5, 5.41) is 10.3. The van der Waals surface area contributed by atoms with E-state index < -0.39 is 11.4 Å². The maximum Gasteiger partial charge on any atom is 0.168 e. The Kier molecular flexibility index (Phi) is 3.03. The maximum absolute atomic E-state index is 10.3. The van der Waals surface area contributed by atoms with Crippen molar-refractivity contribution in [3.05, 3.63) is 0 Å². The molecule has 1 spiro atoms. The van der Waals surface area contributed by atoms with Gasteiger partial charge < -0.3 is 20.3 Å². The quantitative estimate of drug-likeness (QED) is 0.714. The molecular weight excluding hydrogens is 194 g/mol. The van der Waals surface area contributed by atoms with Gasteiger partial charge >= 0.3 is 0 Å². The topological polar surface area (TPSA) is 64.7 Å². The van der Waals surface area contributed by atoms with Crippen molar-refractivity contribution in [2.24, 2.45) is 5.73 Å². The van der Waals surface area contributed by atoms with Gasteiger partial charge in [0.2, 0.25) is 0 Å². The lowest BCUT2D eigenvalue weighted by Gasteiger charge is -2.43. The van der Waals surface area contributed by atoms with E-state index in [0.717, 1.165) is 19.3 Å². The Morgan fingerprint density at radius 2 is 1.73 bits per heavy atom. The summed E-state index contributed by atoms with van der Waals surface area (Å²) >= 11 is 0. The fraction of sp³-hybridized carbons (Fsp3) is 1.00. The highest BCUT2D eigenvalue weighted by atomic mass is 16.7. The van der Waals surface area contributed by atoms with E-state index in [1.54, 1.807) is 0 Å². The standard InChI is InChI=1S/C11H21NO3/c1-2-9(12)10(13)3-5-11(6-4-10)14-7-8-15-11/h9,13H,2-8,12H2,1H3. The highest BCUT2D eigenvalue weighted by Gasteiger charge is 2.47. The molecule has 1 saturated carbocycles. The van der Waals surface area contributed by atoms with E-state index in [1.807, 2.05) is 6.92 Å². The lowest BCUT2D eigenvalue weighted by molar-refractivity contribution is -0.205. The van der Waals surface area contributed by atoms with Gasteiger partial charge in [-0.2, -0.15) is 0 Å². The van der Waals surface area contributed by atoms with Crippen LogP contribution in [0.5, 0.6) is 0 Å². The molecule has 1 aliphatic heterocycles. The molecule has 0 amide bonds. The molecule has 1 heterocycles. The minimum atomic E-state index is -0.713. The first kappa shape index (κ1) is 11.3. The molecule has 1 saturated heterocycles. The Bertz CT molecular complexity index is 216. The van der Waals surface area contributed by atoms with Crippen molar-refractivity contribution >= 4 is 0 Å².